The molecule has 0 aromatic carbocycles. The van der Waals surface area contributed by atoms with Gasteiger partial charge in [0.2, 0.25) is 0 Å². The van der Waals surface area contributed by atoms with Gasteiger partial charge >= 0.3 is 0 Å². The van der Waals surface area contributed by atoms with Crippen LogP contribution in [-0.4, -0.2) is 36.0 Å². The molecule has 12 heavy (non-hydrogen) atoms. The zero-order valence-corrected chi connectivity index (χ0v) is 8.67. The summed E-state index contributed by atoms with van der Waals surface area (Å²) in [7, 11) is 2.11. The van der Waals surface area contributed by atoms with Crippen LogP contribution in [0.5, 0.6) is 0 Å². The summed E-state index contributed by atoms with van der Waals surface area (Å²) >= 11 is 0. The lowest BCUT2D eigenvalue weighted by atomic mass is 10.1. The fourth-order valence-corrected chi connectivity index (χ4v) is 1.53. The van der Waals surface area contributed by atoms with Gasteiger partial charge in [0.15, 0.2) is 0 Å². The van der Waals surface area contributed by atoms with Crippen LogP contribution in [-0.2, 0) is 0 Å². The molecule has 1 rings (SSSR count). The van der Waals surface area contributed by atoms with Crippen LogP contribution in [0.3, 0.4) is 0 Å². The van der Waals surface area contributed by atoms with Crippen LogP contribution in [0.15, 0.2) is 12.4 Å². The van der Waals surface area contributed by atoms with E-state index in [4.69, 9.17) is 0 Å². The van der Waals surface area contributed by atoms with Gasteiger partial charge in [-0.15, -0.1) is 0 Å². The Kier molecular flexibility index (Phi) is 2.65. The van der Waals surface area contributed by atoms with Crippen molar-refractivity contribution in [1.29, 1.82) is 0 Å². The first-order chi connectivity index (χ1) is 5.54. The molecule has 1 atom stereocenters. The Morgan fingerprint density at radius 3 is 2.17 bits per heavy atom. The maximum absolute atomic E-state index is 4.07. The highest BCUT2D eigenvalue weighted by Crippen LogP contribution is 2.21. The minimum atomic E-state index is 0.613. The smallest absolute Gasteiger partial charge is 0.0966 e. The highest BCUT2D eigenvalue weighted by molar-refractivity contribution is 5.00. The molecule has 0 amide bonds. The second-order valence-electron chi connectivity index (χ2n) is 4.02. The molecule has 1 fully saturated rings. The molecule has 1 aliphatic heterocycles. The first kappa shape index (κ1) is 9.43. The second-order valence-corrected chi connectivity index (χ2v) is 4.02. The lowest BCUT2D eigenvalue weighted by molar-refractivity contribution is 0.235. The normalized spacial score (nSPS) is 20.9. The van der Waals surface area contributed by atoms with Crippen molar-refractivity contribution in [3.05, 3.63) is 12.4 Å². The summed E-state index contributed by atoms with van der Waals surface area (Å²) in [6.45, 7) is 13.1. The molecule has 2 heteroatoms. The SMILES string of the molecule is C=C1N(C)CCN1[C@H](C)C(C)C. The first-order valence-electron chi connectivity index (χ1n) is 4.70. The zero-order chi connectivity index (χ0) is 9.30. The van der Waals surface area contributed by atoms with E-state index in [-0.39, 0.29) is 0 Å². The molecule has 1 heterocycles. The number of nitrogens with zero attached hydrogens (tertiary/aromatic N) is 2. The van der Waals surface area contributed by atoms with E-state index in [1.807, 2.05) is 0 Å². The van der Waals surface area contributed by atoms with E-state index in [2.05, 4.69) is 44.2 Å². The average Bonchev–Trinajstić information content (AvgIpc) is 2.32. The molecule has 0 aliphatic carbocycles. The Bertz CT molecular complexity index is 175. The average molecular weight is 168 g/mol. The molecule has 0 aromatic rings. The van der Waals surface area contributed by atoms with Crippen molar-refractivity contribution in [3.8, 4) is 0 Å². The predicted molar refractivity (Wildman–Crippen MR) is 52.8 cm³/mol. The molecule has 0 N–H and O–H groups in total. The van der Waals surface area contributed by atoms with Crippen molar-refractivity contribution < 1.29 is 0 Å². The molecule has 0 radical (unpaired) electrons. The van der Waals surface area contributed by atoms with E-state index in [0.29, 0.717) is 12.0 Å². The summed E-state index contributed by atoms with van der Waals surface area (Å²) in [5, 5.41) is 0. The van der Waals surface area contributed by atoms with Crippen molar-refractivity contribution in [2.24, 2.45) is 5.92 Å². The standard InChI is InChI=1S/C10H20N2/c1-8(2)9(3)12-7-6-11(5)10(12)4/h8-9H,4,6-7H2,1-3,5H3/t9-/m1/s1. The molecule has 0 unspecified atom stereocenters. The quantitative estimate of drug-likeness (QED) is 0.620. The third-order valence-electron chi connectivity index (χ3n) is 2.90. The van der Waals surface area contributed by atoms with Crippen molar-refractivity contribution >= 4 is 0 Å². The largest absolute Gasteiger partial charge is 0.360 e. The summed E-state index contributed by atoms with van der Waals surface area (Å²) in [6.07, 6.45) is 0. The van der Waals surface area contributed by atoms with E-state index < -0.39 is 0 Å². The molecule has 0 aromatic heterocycles. The first-order valence-corrected chi connectivity index (χ1v) is 4.70. The van der Waals surface area contributed by atoms with Crippen molar-refractivity contribution in [2.75, 3.05) is 20.1 Å². The molecule has 2 nitrogen and oxygen atoms in total. The fraction of sp³-hybridized carbons (Fsp3) is 0.800. The minimum Gasteiger partial charge on any atom is -0.360 e. The van der Waals surface area contributed by atoms with Crippen LogP contribution in [0.1, 0.15) is 20.8 Å². The zero-order valence-electron chi connectivity index (χ0n) is 8.67. The Balaban J connectivity index is 2.59. The van der Waals surface area contributed by atoms with Gasteiger partial charge < -0.3 is 9.80 Å². The molecule has 70 valence electrons. The Morgan fingerprint density at radius 1 is 1.25 bits per heavy atom. The fourth-order valence-electron chi connectivity index (χ4n) is 1.53. The van der Waals surface area contributed by atoms with Crippen LogP contribution in [0.2, 0.25) is 0 Å². The Labute approximate surface area is 75.8 Å². The van der Waals surface area contributed by atoms with Gasteiger partial charge in [0.25, 0.3) is 0 Å². The maximum Gasteiger partial charge on any atom is 0.0966 e. The summed E-state index contributed by atoms with van der Waals surface area (Å²) in [5.74, 6) is 1.88. The molecule has 0 saturated carbocycles. The monoisotopic (exact) mass is 168 g/mol. The molecule has 0 spiro atoms. The van der Waals surface area contributed by atoms with Gasteiger partial charge in [-0.05, 0) is 12.8 Å². The van der Waals surface area contributed by atoms with Gasteiger partial charge in [-0.1, -0.05) is 20.4 Å². The number of rotatable bonds is 2. The molecular weight excluding hydrogens is 148 g/mol. The third kappa shape index (κ3) is 1.57. The Morgan fingerprint density at radius 2 is 1.83 bits per heavy atom. The van der Waals surface area contributed by atoms with E-state index in [1.54, 1.807) is 0 Å². The van der Waals surface area contributed by atoms with Gasteiger partial charge in [-0.25, -0.2) is 0 Å². The van der Waals surface area contributed by atoms with Crippen LogP contribution in [0.4, 0.5) is 0 Å². The third-order valence-corrected chi connectivity index (χ3v) is 2.90. The van der Waals surface area contributed by atoms with Crippen LogP contribution in [0.25, 0.3) is 0 Å². The van der Waals surface area contributed by atoms with E-state index in [9.17, 15) is 0 Å². The van der Waals surface area contributed by atoms with Crippen molar-refractivity contribution in [1.82, 2.24) is 9.80 Å². The maximum atomic E-state index is 4.07. The lowest BCUT2D eigenvalue weighted by Gasteiger charge is -2.30. The number of hydrogen-bond donors (Lipinski definition) is 0. The Hall–Kier alpha value is -0.660. The van der Waals surface area contributed by atoms with Crippen LogP contribution in [0, 0.1) is 5.92 Å². The van der Waals surface area contributed by atoms with Crippen molar-refractivity contribution in [3.63, 3.8) is 0 Å². The highest BCUT2D eigenvalue weighted by Gasteiger charge is 2.25. The highest BCUT2D eigenvalue weighted by atomic mass is 15.4. The molecular formula is C10H20N2. The van der Waals surface area contributed by atoms with E-state index in [1.165, 1.54) is 5.82 Å². The lowest BCUT2D eigenvalue weighted by Crippen LogP contribution is -2.33. The van der Waals surface area contributed by atoms with Crippen LogP contribution < -0.4 is 0 Å². The second kappa shape index (κ2) is 3.38. The number of hydrogen-bond acceptors (Lipinski definition) is 2. The predicted octanol–water partition coefficient (Wildman–Crippen LogP) is 1.75. The van der Waals surface area contributed by atoms with Gasteiger partial charge in [0.05, 0.1) is 5.82 Å². The molecule has 1 saturated heterocycles. The summed E-state index contributed by atoms with van der Waals surface area (Å²) in [5.41, 5.74) is 0. The molecule has 1 aliphatic rings. The topological polar surface area (TPSA) is 6.48 Å². The van der Waals surface area contributed by atoms with Gasteiger partial charge in [0.1, 0.15) is 0 Å². The summed E-state index contributed by atoms with van der Waals surface area (Å²) < 4.78 is 0. The number of likely N-dealkylation sites (N-methyl/N-ethyl adjacent to an activating group) is 1. The van der Waals surface area contributed by atoms with Crippen LogP contribution >= 0.6 is 0 Å². The van der Waals surface area contributed by atoms with E-state index >= 15 is 0 Å². The van der Waals surface area contributed by atoms with Gasteiger partial charge in [0, 0.05) is 26.2 Å². The minimum absolute atomic E-state index is 0.613. The van der Waals surface area contributed by atoms with Crippen molar-refractivity contribution in [2.45, 2.75) is 26.8 Å². The van der Waals surface area contributed by atoms with Gasteiger partial charge in [-0.3, -0.25) is 0 Å². The summed E-state index contributed by atoms with van der Waals surface area (Å²) in [6, 6.07) is 0.613. The van der Waals surface area contributed by atoms with E-state index in [0.717, 1.165) is 13.1 Å². The molecule has 0 bridgehead atoms. The summed E-state index contributed by atoms with van der Waals surface area (Å²) in [4.78, 5) is 4.61. The van der Waals surface area contributed by atoms with Gasteiger partial charge in [-0.2, -0.15) is 0 Å².